The molecule has 9 atom stereocenters. The Balaban J connectivity index is 2.20. The highest BCUT2D eigenvalue weighted by Crippen LogP contribution is 2.30. The number of amides is 1. The van der Waals surface area contributed by atoms with E-state index in [-0.39, 0.29) is 18.6 Å². The minimum atomic E-state index is -1.50. The molecule has 2 aliphatic heterocycles. The number of ether oxygens (including phenoxy) is 5. The van der Waals surface area contributed by atoms with Crippen molar-refractivity contribution in [1.29, 1.82) is 0 Å². The Morgan fingerprint density at radius 3 is 2.34 bits per heavy atom. The number of carboxylic acid groups (broad SMARTS) is 1. The molecule has 12 nitrogen and oxygen atoms in total. The summed E-state index contributed by atoms with van der Waals surface area (Å²) in [6.45, 7) is 7.56. The largest absolute Gasteiger partial charge is 0.479 e. The Labute approximate surface area is 185 Å². The fraction of sp³-hybridized carbons (Fsp3) is 0.750. The van der Waals surface area contributed by atoms with Gasteiger partial charge in [-0.15, -0.1) is 0 Å². The van der Waals surface area contributed by atoms with Crippen molar-refractivity contribution < 1.29 is 53.4 Å². The number of aliphatic carboxylic acids is 1. The first kappa shape index (κ1) is 26.2. The Kier molecular flexibility index (Phi) is 9.13. The van der Waals surface area contributed by atoms with E-state index in [1.165, 1.54) is 21.0 Å². The molecule has 2 saturated heterocycles. The minimum absolute atomic E-state index is 0.136. The Morgan fingerprint density at radius 1 is 1.16 bits per heavy atom. The van der Waals surface area contributed by atoms with E-state index >= 15 is 0 Å². The van der Waals surface area contributed by atoms with E-state index in [2.05, 4.69) is 11.9 Å². The molecule has 0 aromatic carbocycles. The van der Waals surface area contributed by atoms with Crippen LogP contribution in [-0.4, -0.2) is 102 Å². The van der Waals surface area contributed by atoms with Crippen molar-refractivity contribution in [3.8, 4) is 0 Å². The van der Waals surface area contributed by atoms with Gasteiger partial charge in [-0.1, -0.05) is 6.58 Å². The van der Waals surface area contributed by atoms with E-state index in [0.29, 0.717) is 0 Å². The summed E-state index contributed by atoms with van der Waals surface area (Å²) in [5, 5.41) is 33.2. The number of aliphatic hydroxyl groups is 2. The Morgan fingerprint density at radius 2 is 1.81 bits per heavy atom. The lowest BCUT2D eigenvalue weighted by Gasteiger charge is -2.46. The van der Waals surface area contributed by atoms with Crippen molar-refractivity contribution in [3.05, 3.63) is 12.2 Å². The normalized spacial score (nSPS) is 37.4. The molecular weight excluding hydrogens is 430 g/mol. The van der Waals surface area contributed by atoms with E-state index in [1.54, 1.807) is 6.92 Å². The molecule has 0 aliphatic carbocycles. The Bertz CT molecular complexity index is 714. The van der Waals surface area contributed by atoms with Crippen LogP contribution in [0.25, 0.3) is 0 Å². The summed E-state index contributed by atoms with van der Waals surface area (Å²) in [5.41, 5.74) is 0.171. The second-order valence-electron chi connectivity index (χ2n) is 7.90. The zero-order valence-corrected chi connectivity index (χ0v) is 18.4. The number of rotatable bonds is 8. The summed E-state index contributed by atoms with van der Waals surface area (Å²) < 4.78 is 27.1. The van der Waals surface area contributed by atoms with E-state index in [1.807, 2.05) is 0 Å². The Hall–Kier alpha value is -2.09. The van der Waals surface area contributed by atoms with Gasteiger partial charge in [0.05, 0.1) is 18.2 Å². The van der Waals surface area contributed by atoms with Gasteiger partial charge in [-0.3, -0.25) is 4.79 Å². The van der Waals surface area contributed by atoms with Crippen molar-refractivity contribution in [2.75, 3.05) is 13.7 Å². The number of methoxy groups -OCH3 is 1. The summed E-state index contributed by atoms with van der Waals surface area (Å²) in [5.74, 6) is -2.43. The molecule has 182 valence electrons. The average molecular weight is 461 g/mol. The first-order valence-corrected chi connectivity index (χ1v) is 10.1. The van der Waals surface area contributed by atoms with Crippen molar-refractivity contribution in [2.45, 2.75) is 82.3 Å². The lowest BCUT2D eigenvalue weighted by atomic mass is 9.92. The number of hydrogen-bond donors (Lipinski definition) is 4. The van der Waals surface area contributed by atoms with Crippen LogP contribution < -0.4 is 5.32 Å². The second kappa shape index (κ2) is 11.2. The van der Waals surface area contributed by atoms with Gasteiger partial charge in [0.2, 0.25) is 5.91 Å². The van der Waals surface area contributed by atoms with Gasteiger partial charge in [0.25, 0.3) is 0 Å². The van der Waals surface area contributed by atoms with Crippen LogP contribution in [0.15, 0.2) is 12.2 Å². The molecular formula is C20H31NO11. The zero-order valence-electron chi connectivity index (χ0n) is 18.4. The third kappa shape index (κ3) is 6.24. The number of esters is 1. The maximum absolute atomic E-state index is 11.7. The van der Waals surface area contributed by atoms with Gasteiger partial charge in [0.1, 0.15) is 31.0 Å². The van der Waals surface area contributed by atoms with Crippen molar-refractivity contribution in [3.63, 3.8) is 0 Å². The molecule has 12 heteroatoms. The lowest BCUT2D eigenvalue weighted by Crippen LogP contribution is -2.65. The van der Waals surface area contributed by atoms with Crippen LogP contribution in [0, 0.1) is 0 Å². The maximum Gasteiger partial charge on any atom is 0.335 e. The first-order chi connectivity index (χ1) is 15.0. The van der Waals surface area contributed by atoms with E-state index in [9.17, 15) is 29.7 Å². The number of carboxylic acids is 1. The molecule has 2 rings (SSSR count). The molecule has 0 spiro atoms. The summed E-state index contributed by atoms with van der Waals surface area (Å²) >= 11 is 0. The molecule has 1 amide bonds. The third-order valence-corrected chi connectivity index (χ3v) is 5.30. The smallest absolute Gasteiger partial charge is 0.335 e. The molecule has 2 aliphatic rings. The molecule has 0 saturated carbocycles. The van der Waals surface area contributed by atoms with Crippen LogP contribution in [0.2, 0.25) is 0 Å². The van der Waals surface area contributed by atoms with Crippen LogP contribution in [0.4, 0.5) is 0 Å². The van der Waals surface area contributed by atoms with E-state index in [4.69, 9.17) is 23.7 Å². The minimum Gasteiger partial charge on any atom is -0.479 e. The van der Waals surface area contributed by atoms with Crippen LogP contribution >= 0.6 is 0 Å². The maximum atomic E-state index is 11.7. The van der Waals surface area contributed by atoms with Gasteiger partial charge in [0.15, 0.2) is 12.4 Å². The number of aliphatic hydroxyl groups excluding tert-OH is 2. The predicted molar refractivity (Wildman–Crippen MR) is 106 cm³/mol. The van der Waals surface area contributed by atoms with Gasteiger partial charge >= 0.3 is 11.9 Å². The molecule has 2 fully saturated rings. The van der Waals surface area contributed by atoms with Gasteiger partial charge < -0.3 is 44.3 Å². The number of nitrogens with one attached hydrogen (secondary N) is 1. The molecule has 0 bridgehead atoms. The third-order valence-electron chi connectivity index (χ3n) is 5.30. The van der Waals surface area contributed by atoms with Crippen LogP contribution in [0.5, 0.6) is 0 Å². The fourth-order valence-electron chi connectivity index (χ4n) is 3.72. The summed E-state index contributed by atoms with van der Waals surface area (Å²) in [4.78, 5) is 35.0. The summed E-state index contributed by atoms with van der Waals surface area (Å²) in [6, 6.07) is -0.834. The van der Waals surface area contributed by atoms with E-state index in [0.717, 1.165) is 0 Å². The van der Waals surface area contributed by atoms with Gasteiger partial charge in [-0.25, -0.2) is 9.59 Å². The molecule has 0 radical (unpaired) electrons. The standard InChI is InChI=1S/C20H31NO11/c1-8(2)20(27)29-7-12-15(24)17(14(9(3)30-12)21-10(4)22)31-13-6-11(23)16(28-5)18(32-13)19(25)26/h9,11-18,23-24H,1,6-7H2,2-5H3,(H,21,22)(H,25,26)/t9-,11+,12?,13+,14?,15+,16-,17+,18?/m0/s1. The number of hydrogen-bond acceptors (Lipinski definition) is 10. The second-order valence-corrected chi connectivity index (χ2v) is 7.90. The highest BCUT2D eigenvalue weighted by Gasteiger charge is 2.49. The predicted octanol–water partition coefficient (Wildman–Crippen LogP) is -1.28. The van der Waals surface area contributed by atoms with E-state index < -0.39 is 72.9 Å². The zero-order chi connectivity index (χ0) is 24.2. The average Bonchev–Trinajstić information content (AvgIpc) is 2.70. The number of carbonyl (C=O) groups excluding carboxylic acids is 2. The lowest BCUT2D eigenvalue weighted by molar-refractivity contribution is -0.296. The van der Waals surface area contributed by atoms with Crippen LogP contribution in [0.1, 0.15) is 27.2 Å². The molecule has 32 heavy (non-hydrogen) atoms. The topological polar surface area (TPSA) is 170 Å². The van der Waals surface area contributed by atoms with Gasteiger partial charge in [0, 0.05) is 26.0 Å². The molecule has 0 aromatic rings. The van der Waals surface area contributed by atoms with Crippen molar-refractivity contribution in [1.82, 2.24) is 5.32 Å². The first-order valence-electron chi connectivity index (χ1n) is 10.1. The SMILES string of the molecule is C=C(C)C(=O)OCC1O[C@@H](C)C(NC(C)=O)[C@@H](O[C@H]2C[C@@H](O)[C@H](OC)C(C(=O)O)O2)[C@@H]1O. The summed E-state index contributed by atoms with van der Waals surface area (Å²) in [6.07, 6.45) is -9.36. The van der Waals surface area contributed by atoms with Crippen molar-refractivity contribution in [2.24, 2.45) is 0 Å². The van der Waals surface area contributed by atoms with Crippen LogP contribution in [0.3, 0.4) is 0 Å². The molecule has 0 aromatic heterocycles. The molecule has 4 N–H and O–H groups in total. The van der Waals surface area contributed by atoms with Crippen molar-refractivity contribution >= 4 is 17.8 Å². The number of carbonyl (C=O) groups is 3. The molecule has 3 unspecified atom stereocenters. The van der Waals surface area contributed by atoms with Gasteiger partial charge in [-0.2, -0.15) is 0 Å². The monoisotopic (exact) mass is 461 g/mol. The fourth-order valence-corrected chi connectivity index (χ4v) is 3.72. The van der Waals surface area contributed by atoms with Gasteiger partial charge in [-0.05, 0) is 13.8 Å². The quantitative estimate of drug-likeness (QED) is 0.251. The highest BCUT2D eigenvalue weighted by molar-refractivity contribution is 5.86. The highest BCUT2D eigenvalue weighted by atomic mass is 16.7. The molecule has 2 heterocycles. The van der Waals surface area contributed by atoms with Crippen LogP contribution in [-0.2, 0) is 38.1 Å². The summed E-state index contributed by atoms with van der Waals surface area (Å²) in [7, 11) is 1.25.